The molecule has 28 heavy (non-hydrogen) atoms. The molecular formula is C13H19N9O6. The van der Waals surface area contributed by atoms with Crippen LogP contribution in [0.2, 0.25) is 0 Å². The number of rotatable bonds is 2. The number of hydrogen-bond acceptors (Lipinski definition) is 9. The highest BCUT2D eigenvalue weighted by Gasteiger charge is 2.02. The lowest BCUT2D eigenvalue weighted by Gasteiger charge is -1.87. The Morgan fingerprint density at radius 2 is 1.54 bits per heavy atom. The zero-order valence-corrected chi connectivity index (χ0v) is 15.1. The first-order valence-electron chi connectivity index (χ1n) is 7.00. The molecule has 0 aliphatic carbocycles. The molecule has 2 aromatic heterocycles. The van der Waals surface area contributed by atoms with Gasteiger partial charge in [0.25, 0.3) is 5.97 Å². The third kappa shape index (κ3) is 18.0. The third-order valence-corrected chi connectivity index (χ3v) is 1.77. The molecule has 0 spiro atoms. The number of carboxylic acid groups (broad SMARTS) is 2. The minimum absolute atomic E-state index is 0.350. The Morgan fingerprint density at radius 3 is 1.75 bits per heavy atom. The first kappa shape index (κ1) is 25.9. The maximum atomic E-state index is 10.3. The van der Waals surface area contributed by atoms with Gasteiger partial charge in [-0.15, -0.1) is 0 Å². The summed E-state index contributed by atoms with van der Waals surface area (Å²) in [6, 6.07) is 0. The summed E-state index contributed by atoms with van der Waals surface area (Å²) in [4.78, 5) is 60.8. The van der Waals surface area contributed by atoms with Gasteiger partial charge in [-0.3, -0.25) is 20.2 Å². The molecule has 0 aromatic carbocycles. The lowest BCUT2D eigenvalue weighted by Crippen LogP contribution is -2.16. The van der Waals surface area contributed by atoms with Crippen LogP contribution in [0.1, 0.15) is 30.3 Å². The molecule has 15 nitrogen and oxygen atoms in total. The smallest absolute Gasteiger partial charge is 0.372 e. The summed E-state index contributed by atoms with van der Waals surface area (Å²) in [6.07, 6.45) is 3.03. The predicted molar refractivity (Wildman–Crippen MR) is 96.4 cm³/mol. The molecule has 2 rings (SSSR count). The summed E-state index contributed by atoms with van der Waals surface area (Å²) in [7, 11) is 0. The van der Waals surface area contributed by atoms with Gasteiger partial charge in [-0.05, 0) is 13.8 Å². The molecule has 2 aromatic rings. The molecule has 0 saturated heterocycles. The molecule has 0 amide bonds. The van der Waals surface area contributed by atoms with Gasteiger partial charge >= 0.3 is 17.3 Å². The summed E-state index contributed by atoms with van der Waals surface area (Å²) in [5, 5.41) is 22.0. The molecule has 7 N–H and O–H groups in total. The summed E-state index contributed by atoms with van der Waals surface area (Å²) in [5.41, 5.74) is 3.94. The van der Waals surface area contributed by atoms with E-state index in [9.17, 15) is 14.4 Å². The highest BCUT2D eigenvalue weighted by Crippen LogP contribution is 1.78. The molecule has 0 saturated carbocycles. The second kappa shape index (κ2) is 15.0. The Hall–Kier alpha value is -4.30. The van der Waals surface area contributed by atoms with Crippen LogP contribution in [-0.2, 0) is 4.79 Å². The number of aliphatic carboxylic acids is 1. The predicted octanol–water partition coefficient (Wildman–Crippen LogP) is -1.60. The number of nitrogens with two attached hydrogens (primary N) is 1. The number of carboxylic acids is 2. The Labute approximate surface area is 157 Å². The number of H-pyrrole nitrogens is 2. The molecule has 0 radical (unpaired) electrons. The summed E-state index contributed by atoms with van der Waals surface area (Å²) < 4.78 is 0. The average Bonchev–Trinajstić information content (AvgIpc) is 2.55. The van der Waals surface area contributed by atoms with Gasteiger partial charge in [-0.1, -0.05) is 0 Å². The van der Waals surface area contributed by atoms with Crippen molar-refractivity contribution in [3.63, 3.8) is 0 Å². The molecule has 15 heteroatoms. The zero-order chi connectivity index (χ0) is 22.1. The van der Waals surface area contributed by atoms with Gasteiger partial charge in [0.05, 0.1) is 5.84 Å². The molecule has 0 aliphatic heterocycles. The summed E-state index contributed by atoms with van der Waals surface area (Å²) in [6.45, 7) is 4.41. The van der Waals surface area contributed by atoms with Gasteiger partial charge in [0, 0.05) is 6.92 Å². The second-order valence-electron chi connectivity index (χ2n) is 4.27. The van der Waals surface area contributed by atoms with Crippen LogP contribution < -0.4 is 17.1 Å². The maximum Gasteiger partial charge on any atom is 0.372 e. The Morgan fingerprint density at radius 1 is 1.07 bits per heavy atom. The molecule has 0 bridgehead atoms. The normalized spacial score (nSPS) is 9.18. The van der Waals surface area contributed by atoms with Crippen molar-refractivity contribution in [3.8, 4) is 0 Å². The van der Waals surface area contributed by atoms with Crippen molar-refractivity contribution < 1.29 is 19.8 Å². The van der Waals surface area contributed by atoms with Crippen LogP contribution in [0, 0.1) is 12.3 Å². The minimum Gasteiger partial charge on any atom is -0.481 e. The van der Waals surface area contributed by atoms with Crippen LogP contribution in [0.5, 0.6) is 0 Å². The van der Waals surface area contributed by atoms with Crippen LogP contribution in [0.4, 0.5) is 0 Å². The van der Waals surface area contributed by atoms with Gasteiger partial charge in [0.15, 0.2) is 0 Å². The van der Waals surface area contributed by atoms with Crippen molar-refractivity contribution in [1.29, 1.82) is 5.41 Å². The van der Waals surface area contributed by atoms with Gasteiger partial charge in [-0.2, -0.15) is 9.97 Å². The number of nitrogens with one attached hydrogen (secondary N) is 3. The monoisotopic (exact) mass is 397 g/mol. The number of aromatic carboxylic acids is 1. The number of aromatic nitrogens is 6. The van der Waals surface area contributed by atoms with Gasteiger partial charge in [-0.25, -0.2) is 29.3 Å². The Kier molecular flexibility index (Phi) is 13.9. The SMILES string of the molecule is CC(=O)O.CC(N)=NC=N.Cc1ncnc(=O)[nH]1.O=C(O)c1ncnc(=O)[nH]1. The van der Waals surface area contributed by atoms with E-state index in [4.69, 9.17) is 26.2 Å². The van der Waals surface area contributed by atoms with E-state index in [1.165, 1.54) is 6.33 Å². The fourth-order valence-electron chi connectivity index (χ4n) is 0.903. The Balaban J connectivity index is 0. The summed E-state index contributed by atoms with van der Waals surface area (Å²) in [5.74, 6) is -1.51. The van der Waals surface area contributed by atoms with Crippen LogP contribution >= 0.6 is 0 Å². The van der Waals surface area contributed by atoms with Crippen molar-refractivity contribution in [3.05, 3.63) is 45.3 Å². The lowest BCUT2D eigenvalue weighted by atomic mass is 10.6. The molecule has 2 heterocycles. The van der Waals surface area contributed by atoms with Crippen LogP contribution in [-0.4, -0.2) is 64.2 Å². The summed E-state index contributed by atoms with van der Waals surface area (Å²) >= 11 is 0. The molecule has 0 aliphatic rings. The average molecular weight is 397 g/mol. The number of hydrogen-bond donors (Lipinski definition) is 6. The number of amidine groups is 1. The standard InChI is InChI=1S/C4H3N3O3.C4H5N3O.C3H7N3.C2H4O2/c8-3(9)2-5-1-6-4(10)7-2;1-3-5-2-6-4(8)7-3;1-3(5)6-2-4;1-2(3)4/h1H,(H,8,9)(H,5,6,7,10);2H,1H3,(H,5,6,7,8);2H,1H3,(H3,4,5,6);1H3,(H,3,4). The second-order valence-corrected chi connectivity index (χ2v) is 4.27. The van der Waals surface area contributed by atoms with Crippen molar-refractivity contribution >= 4 is 24.1 Å². The van der Waals surface area contributed by atoms with Crippen molar-refractivity contribution in [2.24, 2.45) is 10.7 Å². The highest BCUT2D eigenvalue weighted by atomic mass is 16.4. The van der Waals surface area contributed by atoms with Gasteiger partial charge < -0.3 is 15.9 Å². The van der Waals surface area contributed by atoms with E-state index in [2.05, 4.69) is 29.9 Å². The number of carbonyl (C=O) groups is 2. The van der Waals surface area contributed by atoms with Crippen LogP contribution in [0.25, 0.3) is 0 Å². The van der Waals surface area contributed by atoms with Crippen molar-refractivity contribution in [2.75, 3.05) is 0 Å². The minimum atomic E-state index is -1.28. The van der Waals surface area contributed by atoms with Gasteiger partial charge in [0.1, 0.15) is 24.8 Å². The van der Waals surface area contributed by atoms with Crippen LogP contribution in [0.15, 0.2) is 27.2 Å². The third-order valence-electron chi connectivity index (χ3n) is 1.77. The van der Waals surface area contributed by atoms with Crippen molar-refractivity contribution in [2.45, 2.75) is 20.8 Å². The number of aryl methyl sites for hydroxylation is 1. The van der Waals surface area contributed by atoms with E-state index >= 15 is 0 Å². The molecule has 0 fully saturated rings. The first-order valence-corrected chi connectivity index (χ1v) is 7.00. The molecule has 152 valence electrons. The van der Waals surface area contributed by atoms with Gasteiger partial charge in [0.2, 0.25) is 5.82 Å². The van der Waals surface area contributed by atoms with E-state index in [1.54, 1.807) is 13.8 Å². The number of nitrogens with zero attached hydrogens (tertiary/aromatic N) is 5. The quantitative estimate of drug-likeness (QED) is 0.248. The largest absolute Gasteiger partial charge is 0.481 e. The van der Waals surface area contributed by atoms with E-state index < -0.39 is 23.5 Å². The molecule has 0 unspecified atom stereocenters. The lowest BCUT2D eigenvalue weighted by molar-refractivity contribution is -0.134. The topological polar surface area (TPSA) is 254 Å². The number of aliphatic imine (C=N–C) groups is 1. The van der Waals surface area contributed by atoms with E-state index in [0.29, 0.717) is 11.7 Å². The Bertz CT molecular complexity index is 897. The van der Waals surface area contributed by atoms with E-state index in [1.807, 2.05) is 4.98 Å². The molecule has 0 atom stereocenters. The van der Waals surface area contributed by atoms with Crippen molar-refractivity contribution in [1.82, 2.24) is 29.9 Å². The van der Waals surface area contributed by atoms with Crippen LogP contribution in [0.3, 0.4) is 0 Å². The highest BCUT2D eigenvalue weighted by molar-refractivity contribution is 5.84. The van der Waals surface area contributed by atoms with E-state index in [0.717, 1.165) is 19.6 Å². The van der Waals surface area contributed by atoms with E-state index in [-0.39, 0.29) is 5.69 Å². The zero-order valence-electron chi connectivity index (χ0n) is 15.1. The first-order chi connectivity index (χ1) is 13.0. The fourth-order valence-corrected chi connectivity index (χ4v) is 0.903. The fraction of sp³-hybridized carbons (Fsp3) is 0.231. The maximum absolute atomic E-state index is 10.3. The number of aromatic amines is 2. The molecular weight excluding hydrogens is 378 g/mol.